The first-order valence-corrected chi connectivity index (χ1v) is 6.63. The molecular formula is C15H24F2N2. The molecule has 0 radical (unpaired) electrons. The Bertz CT molecular complexity index is 393. The third-order valence-electron chi connectivity index (χ3n) is 3.76. The molecule has 0 aliphatic carbocycles. The average molecular weight is 270 g/mol. The van der Waals surface area contributed by atoms with E-state index in [1.165, 1.54) is 12.1 Å². The Balaban J connectivity index is 2.71. The van der Waals surface area contributed by atoms with Gasteiger partial charge in [-0.25, -0.2) is 8.78 Å². The number of hydrogen-bond donors (Lipinski definition) is 2. The highest BCUT2D eigenvalue weighted by atomic mass is 19.1. The summed E-state index contributed by atoms with van der Waals surface area (Å²) in [4.78, 5) is 0. The number of rotatable bonds is 5. The number of benzene rings is 1. The lowest BCUT2D eigenvalue weighted by Crippen LogP contribution is -2.39. The van der Waals surface area contributed by atoms with Crippen LogP contribution in [0.2, 0.25) is 0 Å². The van der Waals surface area contributed by atoms with Gasteiger partial charge in [0.15, 0.2) is 0 Å². The van der Waals surface area contributed by atoms with Gasteiger partial charge in [0, 0.05) is 12.1 Å². The van der Waals surface area contributed by atoms with E-state index < -0.39 is 11.6 Å². The van der Waals surface area contributed by atoms with Crippen molar-refractivity contribution in [1.29, 1.82) is 0 Å². The van der Waals surface area contributed by atoms with E-state index in [1.807, 2.05) is 0 Å². The Labute approximate surface area is 114 Å². The molecule has 2 atom stereocenters. The van der Waals surface area contributed by atoms with Crippen molar-refractivity contribution in [3.05, 3.63) is 35.4 Å². The first-order chi connectivity index (χ1) is 8.72. The van der Waals surface area contributed by atoms with Gasteiger partial charge in [-0.05, 0) is 41.9 Å². The van der Waals surface area contributed by atoms with Gasteiger partial charge in [0.2, 0.25) is 0 Å². The van der Waals surface area contributed by atoms with Gasteiger partial charge in [-0.2, -0.15) is 0 Å². The minimum Gasteiger partial charge on any atom is -0.271 e. The van der Waals surface area contributed by atoms with Crippen LogP contribution >= 0.6 is 0 Å². The highest BCUT2D eigenvalue weighted by Crippen LogP contribution is 2.29. The summed E-state index contributed by atoms with van der Waals surface area (Å²) in [6, 6.07) is 3.60. The van der Waals surface area contributed by atoms with Gasteiger partial charge in [-0.3, -0.25) is 11.3 Å². The van der Waals surface area contributed by atoms with E-state index in [4.69, 9.17) is 5.84 Å². The predicted molar refractivity (Wildman–Crippen MR) is 74.4 cm³/mol. The molecule has 2 nitrogen and oxygen atoms in total. The molecule has 4 heteroatoms. The number of halogens is 2. The van der Waals surface area contributed by atoms with Crippen molar-refractivity contribution in [3.8, 4) is 0 Å². The first-order valence-electron chi connectivity index (χ1n) is 6.63. The third kappa shape index (κ3) is 5.25. The van der Waals surface area contributed by atoms with Gasteiger partial charge in [-0.1, -0.05) is 27.7 Å². The van der Waals surface area contributed by atoms with Crippen molar-refractivity contribution in [2.24, 2.45) is 17.2 Å². The lowest BCUT2D eigenvalue weighted by Gasteiger charge is -2.30. The molecule has 0 spiro atoms. The molecule has 3 N–H and O–H groups in total. The van der Waals surface area contributed by atoms with Gasteiger partial charge < -0.3 is 0 Å². The first kappa shape index (κ1) is 16.1. The second kappa shape index (κ2) is 6.44. The molecule has 19 heavy (non-hydrogen) atoms. The summed E-state index contributed by atoms with van der Waals surface area (Å²) in [6.07, 6.45) is 1.38. The summed E-state index contributed by atoms with van der Waals surface area (Å²) in [6.45, 7) is 8.68. The minimum atomic E-state index is -0.547. The van der Waals surface area contributed by atoms with Crippen molar-refractivity contribution in [3.63, 3.8) is 0 Å². The zero-order chi connectivity index (χ0) is 14.6. The lowest BCUT2D eigenvalue weighted by atomic mass is 9.78. The van der Waals surface area contributed by atoms with E-state index >= 15 is 0 Å². The normalized spacial score (nSPS) is 15.3. The molecule has 0 bridgehead atoms. The molecule has 0 heterocycles. The largest absolute Gasteiger partial charge is 0.271 e. The van der Waals surface area contributed by atoms with Crippen LogP contribution in [0.4, 0.5) is 8.78 Å². The fraction of sp³-hybridized carbons (Fsp3) is 0.600. The highest BCUT2D eigenvalue weighted by Gasteiger charge is 2.23. The maximum Gasteiger partial charge on any atom is 0.126 e. The van der Waals surface area contributed by atoms with E-state index in [0.717, 1.165) is 12.5 Å². The van der Waals surface area contributed by atoms with Crippen LogP contribution in [-0.2, 0) is 6.42 Å². The molecule has 1 rings (SSSR count). The SMILES string of the molecule is CC(CC(Cc1cc(F)cc(F)c1)NN)C(C)(C)C. The van der Waals surface area contributed by atoms with Crippen LogP contribution in [0.25, 0.3) is 0 Å². The van der Waals surface area contributed by atoms with Crippen LogP contribution in [0.15, 0.2) is 18.2 Å². The van der Waals surface area contributed by atoms with E-state index in [2.05, 4.69) is 33.1 Å². The molecule has 0 fully saturated rings. The van der Waals surface area contributed by atoms with Crippen LogP contribution in [0.5, 0.6) is 0 Å². The number of hydrazine groups is 1. The van der Waals surface area contributed by atoms with E-state index in [0.29, 0.717) is 17.9 Å². The summed E-state index contributed by atoms with van der Waals surface area (Å²) in [5.41, 5.74) is 3.56. The van der Waals surface area contributed by atoms with E-state index in [1.54, 1.807) is 0 Å². The minimum absolute atomic E-state index is 0.00965. The molecule has 2 unspecified atom stereocenters. The van der Waals surface area contributed by atoms with E-state index in [-0.39, 0.29) is 11.5 Å². The van der Waals surface area contributed by atoms with Gasteiger partial charge in [0.1, 0.15) is 11.6 Å². The Morgan fingerprint density at radius 2 is 1.68 bits per heavy atom. The monoisotopic (exact) mass is 270 g/mol. The topological polar surface area (TPSA) is 38.0 Å². The molecule has 0 saturated carbocycles. The summed E-state index contributed by atoms with van der Waals surface area (Å²) in [7, 11) is 0. The second-order valence-corrected chi connectivity index (χ2v) is 6.35. The Hall–Kier alpha value is -1.00. The van der Waals surface area contributed by atoms with Crippen molar-refractivity contribution < 1.29 is 8.78 Å². The number of nitrogens with two attached hydrogens (primary N) is 1. The van der Waals surface area contributed by atoms with Crippen LogP contribution in [0, 0.1) is 23.0 Å². The van der Waals surface area contributed by atoms with Crippen molar-refractivity contribution in [2.75, 3.05) is 0 Å². The Morgan fingerprint density at radius 3 is 2.11 bits per heavy atom. The standard InChI is InChI=1S/C15H24F2N2/c1-10(15(2,3)4)5-14(19-18)8-11-6-12(16)9-13(17)7-11/h6-7,9-10,14,19H,5,8,18H2,1-4H3. The number of nitrogens with one attached hydrogen (secondary N) is 1. The average Bonchev–Trinajstić information content (AvgIpc) is 2.25. The Morgan fingerprint density at radius 1 is 1.16 bits per heavy atom. The molecule has 0 amide bonds. The van der Waals surface area contributed by atoms with Gasteiger partial charge in [0.05, 0.1) is 0 Å². The number of hydrogen-bond acceptors (Lipinski definition) is 2. The van der Waals surface area contributed by atoms with Crippen molar-refractivity contribution >= 4 is 0 Å². The van der Waals surface area contributed by atoms with Crippen LogP contribution in [-0.4, -0.2) is 6.04 Å². The molecule has 0 aromatic heterocycles. The maximum absolute atomic E-state index is 13.1. The smallest absolute Gasteiger partial charge is 0.126 e. The molecule has 0 saturated heterocycles. The maximum atomic E-state index is 13.1. The fourth-order valence-electron chi connectivity index (χ4n) is 2.00. The van der Waals surface area contributed by atoms with Crippen LogP contribution < -0.4 is 11.3 Å². The molecule has 108 valence electrons. The zero-order valence-electron chi connectivity index (χ0n) is 12.1. The predicted octanol–water partition coefficient (Wildman–Crippen LogP) is 3.41. The quantitative estimate of drug-likeness (QED) is 0.635. The molecule has 1 aromatic rings. The van der Waals surface area contributed by atoms with Gasteiger partial charge in [-0.15, -0.1) is 0 Å². The zero-order valence-corrected chi connectivity index (χ0v) is 12.1. The van der Waals surface area contributed by atoms with Gasteiger partial charge in [0.25, 0.3) is 0 Å². The molecule has 1 aromatic carbocycles. The molecule has 0 aliphatic heterocycles. The van der Waals surface area contributed by atoms with Crippen molar-refractivity contribution in [1.82, 2.24) is 5.43 Å². The van der Waals surface area contributed by atoms with Crippen LogP contribution in [0.3, 0.4) is 0 Å². The molecular weight excluding hydrogens is 246 g/mol. The second-order valence-electron chi connectivity index (χ2n) is 6.35. The molecule has 0 aliphatic rings. The van der Waals surface area contributed by atoms with E-state index in [9.17, 15) is 8.78 Å². The summed E-state index contributed by atoms with van der Waals surface area (Å²) < 4.78 is 26.3. The fourth-order valence-corrected chi connectivity index (χ4v) is 2.00. The van der Waals surface area contributed by atoms with Crippen molar-refractivity contribution in [2.45, 2.75) is 46.6 Å². The Kier molecular flexibility index (Phi) is 5.44. The van der Waals surface area contributed by atoms with Gasteiger partial charge >= 0.3 is 0 Å². The summed E-state index contributed by atoms with van der Waals surface area (Å²) >= 11 is 0. The van der Waals surface area contributed by atoms with Crippen LogP contribution in [0.1, 0.15) is 39.7 Å². The third-order valence-corrected chi connectivity index (χ3v) is 3.76. The summed E-state index contributed by atoms with van der Waals surface area (Å²) in [5, 5.41) is 0. The summed E-state index contributed by atoms with van der Waals surface area (Å²) in [5.74, 6) is 4.91. The lowest BCUT2D eigenvalue weighted by molar-refractivity contribution is 0.222. The highest BCUT2D eigenvalue weighted by molar-refractivity contribution is 5.19.